The Morgan fingerprint density at radius 2 is 2.19 bits per heavy atom. The Morgan fingerprint density at radius 3 is 2.95 bits per heavy atom. The number of ether oxygens (including phenoxy) is 1. The summed E-state index contributed by atoms with van der Waals surface area (Å²) in [6.45, 7) is 1.52. The molecule has 2 heterocycles. The number of carbonyl (C=O) groups is 1. The van der Waals surface area contributed by atoms with Gasteiger partial charge in [0.1, 0.15) is 0 Å². The second-order valence-electron chi connectivity index (χ2n) is 5.02. The number of halogens is 1. The molecule has 3 rings (SSSR count). The number of hydrogen-bond donors (Lipinski definition) is 1. The summed E-state index contributed by atoms with van der Waals surface area (Å²) in [6.07, 6.45) is 5.42. The van der Waals surface area contributed by atoms with Gasteiger partial charge in [-0.15, -0.1) is 0 Å². The molecule has 0 radical (unpaired) electrons. The van der Waals surface area contributed by atoms with Gasteiger partial charge in [-0.25, -0.2) is 0 Å². The van der Waals surface area contributed by atoms with E-state index in [1.54, 1.807) is 30.5 Å². The van der Waals surface area contributed by atoms with Crippen molar-refractivity contribution in [2.75, 3.05) is 18.5 Å². The van der Waals surface area contributed by atoms with Crippen molar-refractivity contribution in [1.82, 2.24) is 9.78 Å². The molecule has 0 saturated carbocycles. The largest absolute Gasteiger partial charge is 0.381 e. The molecule has 1 saturated heterocycles. The predicted octanol–water partition coefficient (Wildman–Crippen LogP) is 3.14. The average molecular weight is 306 g/mol. The van der Waals surface area contributed by atoms with Crippen LogP contribution in [0.4, 0.5) is 5.69 Å². The van der Waals surface area contributed by atoms with Crippen LogP contribution in [0.1, 0.15) is 29.2 Å². The Bertz CT molecular complexity index is 635. The average Bonchev–Trinajstić information content (AvgIpc) is 2.97. The van der Waals surface area contributed by atoms with Crippen LogP contribution in [0.3, 0.4) is 0 Å². The highest BCUT2D eigenvalue weighted by atomic mass is 35.5. The zero-order valence-electron chi connectivity index (χ0n) is 11.5. The zero-order valence-corrected chi connectivity index (χ0v) is 12.2. The maximum atomic E-state index is 12.1. The molecule has 2 aromatic rings. The molecular weight excluding hydrogens is 290 g/mol. The summed E-state index contributed by atoms with van der Waals surface area (Å²) in [7, 11) is 0. The van der Waals surface area contributed by atoms with E-state index in [1.165, 1.54) is 0 Å². The first kappa shape index (κ1) is 14.1. The quantitative estimate of drug-likeness (QED) is 0.948. The molecule has 5 nitrogen and oxygen atoms in total. The lowest BCUT2D eigenvalue weighted by atomic mass is 10.1. The molecule has 0 unspecified atom stereocenters. The Hall–Kier alpha value is -1.85. The zero-order chi connectivity index (χ0) is 14.7. The van der Waals surface area contributed by atoms with Crippen molar-refractivity contribution in [2.45, 2.75) is 18.9 Å². The molecule has 0 spiro atoms. The van der Waals surface area contributed by atoms with E-state index >= 15 is 0 Å². The Labute approximate surface area is 127 Å². The number of hydrogen-bond acceptors (Lipinski definition) is 3. The molecule has 1 aromatic heterocycles. The van der Waals surface area contributed by atoms with Crippen molar-refractivity contribution in [3.63, 3.8) is 0 Å². The topological polar surface area (TPSA) is 56.2 Å². The number of nitrogens with zero attached hydrogens (tertiary/aromatic N) is 2. The predicted molar refractivity (Wildman–Crippen MR) is 80.7 cm³/mol. The van der Waals surface area contributed by atoms with Gasteiger partial charge in [0.25, 0.3) is 5.91 Å². The fourth-order valence-corrected chi connectivity index (χ4v) is 2.58. The monoisotopic (exact) mass is 305 g/mol. The maximum absolute atomic E-state index is 12.1. The summed E-state index contributed by atoms with van der Waals surface area (Å²) < 4.78 is 7.24. The van der Waals surface area contributed by atoms with Crippen molar-refractivity contribution in [3.8, 4) is 0 Å². The Kier molecular flexibility index (Phi) is 4.22. The molecule has 6 heteroatoms. The maximum Gasteiger partial charge on any atom is 0.255 e. The number of anilines is 1. The van der Waals surface area contributed by atoms with Gasteiger partial charge < -0.3 is 10.1 Å². The summed E-state index contributed by atoms with van der Waals surface area (Å²) in [5.74, 6) is -0.191. The molecule has 110 valence electrons. The van der Waals surface area contributed by atoms with E-state index in [9.17, 15) is 4.79 Å². The van der Waals surface area contributed by atoms with E-state index in [0.717, 1.165) is 26.1 Å². The van der Waals surface area contributed by atoms with Gasteiger partial charge in [0.05, 0.1) is 17.9 Å². The number of carbonyl (C=O) groups excluding carboxylic acids is 1. The summed E-state index contributed by atoms with van der Waals surface area (Å²) in [5, 5.41) is 7.70. The van der Waals surface area contributed by atoms with Crippen LogP contribution in [0.25, 0.3) is 0 Å². The third-order valence-electron chi connectivity index (χ3n) is 3.51. The minimum absolute atomic E-state index is 0.191. The van der Waals surface area contributed by atoms with E-state index in [2.05, 4.69) is 10.4 Å². The lowest BCUT2D eigenvalue weighted by Crippen LogP contribution is -2.19. The highest BCUT2D eigenvalue weighted by molar-refractivity contribution is 6.31. The third kappa shape index (κ3) is 3.43. The first-order valence-electron chi connectivity index (χ1n) is 6.91. The van der Waals surface area contributed by atoms with E-state index in [0.29, 0.717) is 22.3 Å². The summed E-state index contributed by atoms with van der Waals surface area (Å²) in [5.41, 5.74) is 1.22. The second kappa shape index (κ2) is 6.28. The summed E-state index contributed by atoms with van der Waals surface area (Å²) in [4.78, 5) is 12.1. The van der Waals surface area contributed by atoms with Gasteiger partial charge >= 0.3 is 0 Å². The van der Waals surface area contributed by atoms with Crippen molar-refractivity contribution in [1.29, 1.82) is 0 Å². The Morgan fingerprint density at radius 1 is 1.38 bits per heavy atom. The van der Waals surface area contributed by atoms with Crippen LogP contribution in [0.5, 0.6) is 0 Å². The molecule has 21 heavy (non-hydrogen) atoms. The number of nitrogens with one attached hydrogen (secondary N) is 1. The van der Waals surface area contributed by atoms with E-state index in [1.807, 2.05) is 10.9 Å². The standard InChI is InChI=1S/C15H16ClN3O2/c16-12-3-1-2-11(8-12)15(20)18-13-9-17-19(10-13)14-4-6-21-7-5-14/h1-3,8-10,14H,4-7H2,(H,18,20). The van der Waals surface area contributed by atoms with Crippen molar-refractivity contribution in [2.24, 2.45) is 0 Å². The molecule has 1 aromatic carbocycles. The molecule has 1 aliphatic rings. The number of amides is 1. The molecule has 0 aliphatic carbocycles. The lowest BCUT2D eigenvalue weighted by molar-refractivity contribution is 0.0662. The molecule has 1 N–H and O–H groups in total. The fourth-order valence-electron chi connectivity index (χ4n) is 2.38. The number of benzene rings is 1. The molecule has 1 amide bonds. The van der Waals surface area contributed by atoms with Gasteiger partial charge in [-0.05, 0) is 31.0 Å². The molecule has 1 fully saturated rings. The normalized spacial score (nSPS) is 15.9. The highest BCUT2D eigenvalue weighted by Gasteiger charge is 2.17. The van der Waals surface area contributed by atoms with Crippen LogP contribution >= 0.6 is 11.6 Å². The van der Waals surface area contributed by atoms with Crippen LogP contribution in [0.2, 0.25) is 5.02 Å². The first-order chi connectivity index (χ1) is 10.2. The minimum atomic E-state index is -0.191. The van der Waals surface area contributed by atoms with E-state index in [4.69, 9.17) is 16.3 Å². The van der Waals surface area contributed by atoms with Crippen molar-refractivity contribution >= 4 is 23.2 Å². The summed E-state index contributed by atoms with van der Waals surface area (Å²) >= 11 is 5.89. The molecule has 1 aliphatic heterocycles. The minimum Gasteiger partial charge on any atom is -0.381 e. The van der Waals surface area contributed by atoms with Gasteiger partial charge in [-0.1, -0.05) is 17.7 Å². The number of rotatable bonds is 3. The third-order valence-corrected chi connectivity index (χ3v) is 3.75. The van der Waals surface area contributed by atoms with Crippen LogP contribution in [-0.2, 0) is 4.74 Å². The first-order valence-corrected chi connectivity index (χ1v) is 7.29. The van der Waals surface area contributed by atoms with E-state index < -0.39 is 0 Å². The Balaban J connectivity index is 1.68. The van der Waals surface area contributed by atoms with Crippen LogP contribution in [0, 0.1) is 0 Å². The van der Waals surface area contributed by atoms with Gasteiger partial charge in [0.2, 0.25) is 0 Å². The number of aromatic nitrogens is 2. The molecule has 0 atom stereocenters. The van der Waals surface area contributed by atoms with Crippen molar-refractivity contribution < 1.29 is 9.53 Å². The SMILES string of the molecule is O=C(Nc1cnn(C2CCOCC2)c1)c1cccc(Cl)c1. The fraction of sp³-hybridized carbons (Fsp3) is 0.333. The lowest BCUT2D eigenvalue weighted by Gasteiger charge is -2.22. The van der Waals surface area contributed by atoms with Gasteiger partial charge in [-0.2, -0.15) is 5.10 Å². The second-order valence-corrected chi connectivity index (χ2v) is 5.45. The molecular formula is C15H16ClN3O2. The van der Waals surface area contributed by atoms with Gasteiger partial charge in [0, 0.05) is 30.0 Å². The van der Waals surface area contributed by atoms with Gasteiger partial charge in [-0.3, -0.25) is 9.48 Å². The highest BCUT2D eigenvalue weighted by Crippen LogP contribution is 2.21. The smallest absolute Gasteiger partial charge is 0.255 e. The molecule has 0 bridgehead atoms. The van der Waals surface area contributed by atoms with Crippen LogP contribution < -0.4 is 5.32 Å². The van der Waals surface area contributed by atoms with E-state index in [-0.39, 0.29) is 5.91 Å². The van der Waals surface area contributed by atoms with Crippen LogP contribution in [0.15, 0.2) is 36.7 Å². The van der Waals surface area contributed by atoms with Crippen molar-refractivity contribution in [3.05, 3.63) is 47.2 Å². The van der Waals surface area contributed by atoms with Crippen LogP contribution in [-0.4, -0.2) is 28.9 Å². The van der Waals surface area contributed by atoms with Gasteiger partial charge in [0.15, 0.2) is 0 Å². The summed E-state index contributed by atoms with van der Waals surface area (Å²) in [6, 6.07) is 7.20.